The van der Waals surface area contributed by atoms with E-state index in [1.54, 1.807) is 30.3 Å². The highest BCUT2D eigenvalue weighted by Gasteiger charge is 2.12. The number of hydrogen-bond donors (Lipinski definition) is 2. The van der Waals surface area contributed by atoms with E-state index < -0.39 is 0 Å². The first-order valence-corrected chi connectivity index (χ1v) is 6.84. The molecule has 0 aromatic heterocycles. The van der Waals surface area contributed by atoms with E-state index in [0.717, 1.165) is 5.56 Å². The lowest BCUT2D eigenvalue weighted by Crippen LogP contribution is -2.26. The normalized spacial score (nSPS) is 11.9. The van der Waals surface area contributed by atoms with Crippen LogP contribution < -0.4 is 11.1 Å². The Hall–Kier alpha value is -1.71. The largest absolute Gasteiger partial charge is 0.398 e. The second kappa shape index (κ2) is 6.16. The van der Waals surface area contributed by atoms with E-state index in [0.29, 0.717) is 21.3 Å². The Kier molecular flexibility index (Phi) is 4.53. The minimum Gasteiger partial charge on any atom is -0.398 e. The molecule has 3 nitrogen and oxygen atoms in total. The van der Waals surface area contributed by atoms with E-state index in [9.17, 15) is 4.79 Å². The molecule has 104 valence electrons. The van der Waals surface area contributed by atoms with Crippen LogP contribution >= 0.6 is 23.2 Å². The van der Waals surface area contributed by atoms with Crippen LogP contribution in [0, 0.1) is 0 Å². The molecule has 0 aliphatic heterocycles. The van der Waals surface area contributed by atoms with Crippen molar-refractivity contribution in [3.05, 3.63) is 63.6 Å². The second-order valence-corrected chi connectivity index (χ2v) is 5.33. The van der Waals surface area contributed by atoms with Crippen molar-refractivity contribution in [3.63, 3.8) is 0 Å². The van der Waals surface area contributed by atoms with Crippen LogP contribution in [0.1, 0.15) is 28.9 Å². The standard InChI is InChI=1S/C15H14Cl2N2O/c1-9(10-2-5-12(16)6-3-10)19-15(20)11-4-7-14(18)13(17)8-11/h2-9H,18H2,1H3,(H,19,20)/t9-/m1/s1. The van der Waals surface area contributed by atoms with Crippen LogP contribution in [0.2, 0.25) is 10.0 Å². The molecule has 0 saturated heterocycles. The number of rotatable bonds is 3. The fourth-order valence-electron chi connectivity index (χ4n) is 1.78. The molecule has 0 heterocycles. The van der Waals surface area contributed by atoms with Crippen molar-refractivity contribution in [2.75, 3.05) is 5.73 Å². The van der Waals surface area contributed by atoms with Crippen molar-refractivity contribution >= 4 is 34.8 Å². The third-order valence-electron chi connectivity index (χ3n) is 2.98. The zero-order valence-electron chi connectivity index (χ0n) is 10.9. The maximum absolute atomic E-state index is 12.1. The molecule has 0 spiro atoms. The number of benzene rings is 2. The van der Waals surface area contributed by atoms with Gasteiger partial charge >= 0.3 is 0 Å². The molecule has 20 heavy (non-hydrogen) atoms. The number of nitrogens with two attached hydrogens (primary N) is 1. The minimum atomic E-state index is -0.200. The van der Waals surface area contributed by atoms with Gasteiger partial charge in [0.25, 0.3) is 5.91 Å². The number of halogens is 2. The zero-order valence-corrected chi connectivity index (χ0v) is 12.4. The van der Waals surface area contributed by atoms with E-state index in [4.69, 9.17) is 28.9 Å². The lowest BCUT2D eigenvalue weighted by molar-refractivity contribution is 0.0940. The van der Waals surface area contributed by atoms with Crippen LogP contribution in [0.25, 0.3) is 0 Å². The quantitative estimate of drug-likeness (QED) is 0.840. The summed E-state index contributed by atoms with van der Waals surface area (Å²) in [5, 5.41) is 3.93. The minimum absolute atomic E-state index is 0.129. The summed E-state index contributed by atoms with van der Waals surface area (Å²) in [5.41, 5.74) is 7.52. The molecule has 2 aromatic rings. The summed E-state index contributed by atoms with van der Waals surface area (Å²) in [7, 11) is 0. The highest BCUT2D eigenvalue weighted by atomic mass is 35.5. The Morgan fingerprint density at radius 2 is 1.80 bits per heavy atom. The molecule has 0 radical (unpaired) electrons. The molecule has 2 rings (SSSR count). The smallest absolute Gasteiger partial charge is 0.251 e. The van der Waals surface area contributed by atoms with E-state index in [-0.39, 0.29) is 11.9 Å². The van der Waals surface area contributed by atoms with Gasteiger partial charge in [-0.1, -0.05) is 35.3 Å². The predicted octanol–water partition coefficient (Wildman–Crippen LogP) is 4.07. The Morgan fingerprint density at radius 3 is 2.40 bits per heavy atom. The molecule has 1 atom stereocenters. The SMILES string of the molecule is C[C@@H](NC(=O)c1ccc(N)c(Cl)c1)c1ccc(Cl)cc1. The number of nitrogens with one attached hydrogen (secondary N) is 1. The molecule has 0 aliphatic rings. The highest BCUT2D eigenvalue weighted by Crippen LogP contribution is 2.21. The average molecular weight is 309 g/mol. The Labute approximate surface area is 127 Å². The molecule has 0 saturated carbocycles. The molecule has 5 heteroatoms. The maximum Gasteiger partial charge on any atom is 0.251 e. The van der Waals surface area contributed by atoms with Crippen LogP contribution in [0.15, 0.2) is 42.5 Å². The van der Waals surface area contributed by atoms with Crippen molar-refractivity contribution in [1.82, 2.24) is 5.32 Å². The molecule has 2 aromatic carbocycles. The van der Waals surface area contributed by atoms with Gasteiger partial charge in [-0.2, -0.15) is 0 Å². The number of carbonyl (C=O) groups excluding carboxylic acids is 1. The van der Waals surface area contributed by atoms with E-state index in [1.807, 2.05) is 19.1 Å². The third-order valence-corrected chi connectivity index (χ3v) is 3.56. The summed E-state index contributed by atoms with van der Waals surface area (Å²) in [5.74, 6) is -0.200. The van der Waals surface area contributed by atoms with Crippen LogP contribution in [0.3, 0.4) is 0 Å². The highest BCUT2D eigenvalue weighted by molar-refractivity contribution is 6.33. The van der Waals surface area contributed by atoms with E-state index >= 15 is 0 Å². The van der Waals surface area contributed by atoms with Crippen molar-refractivity contribution in [2.24, 2.45) is 0 Å². The van der Waals surface area contributed by atoms with Gasteiger partial charge in [-0.25, -0.2) is 0 Å². The Bertz CT molecular complexity index is 626. The van der Waals surface area contributed by atoms with Crippen molar-refractivity contribution in [2.45, 2.75) is 13.0 Å². The number of amides is 1. The van der Waals surface area contributed by atoms with Gasteiger partial charge in [-0.05, 0) is 42.8 Å². The first kappa shape index (κ1) is 14.7. The lowest BCUT2D eigenvalue weighted by Gasteiger charge is -2.14. The first-order valence-electron chi connectivity index (χ1n) is 6.08. The van der Waals surface area contributed by atoms with Crippen LogP contribution in [-0.4, -0.2) is 5.91 Å². The number of hydrogen-bond acceptors (Lipinski definition) is 2. The average Bonchev–Trinajstić information content (AvgIpc) is 2.42. The molecule has 1 amide bonds. The van der Waals surface area contributed by atoms with Crippen LogP contribution in [0.5, 0.6) is 0 Å². The third kappa shape index (κ3) is 3.44. The number of nitrogen functional groups attached to an aromatic ring is 1. The van der Waals surface area contributed by atoms with Crippen LogP contribution in [0.4, 0.5) is 5.69 Å². The van der Waals surface area contributed by atoms with Crippen LogP contribution in [-0.2, 0) is 0 Å². The fourth-order valence-corrected chi connectivity index (χ4v) is 2.09. The van der Waals surface area contributed by atoms with Gasteiger partial charge in [0.05, 0.1) is 16.8 Å². The summed E-state index contributed by atoms with van der Waals surface area (Å²) in [6.07, 6.45) is 0. The molecular formula is C15H14Cl2N2O. The molecule has 0 unspecified atom stereocenters. The lowest BCUT2D eigenvalue weighted by atomic mass is 10.1. The van der Waals surface area contributed by atoms with Gasteiger partial charge in [-0.3, -0.25) is 4.79 Å². The van der Waals surface area contributed by atoms with E-state index in [2.05, 4.69) is 5.32 Å². The van der Waals surface area contributed by atoms with Crippen molar-refractivity contribution in [3.8, 4) is 0 Å². The number of anilines is 1. The van der Waals surface area contributed by atoms with Gasteiger partial charge in [0.2, 0.25) is 0 Å². The van der Waals surface area contributed by atoms with Gasteiger partial charge in [0, 0.05) is 10.6 Å². The molecular weight excluding hydrogens is 295 g/mol. The molecule has 0 aliphatic carbocycles. The second-order valence-electron chi connectivity index (χ2n) is 4.48. The fraction of sp³-hybridized carbons (Fsp3) is 0.133. The van der Waals surface area contributed by atoms with E-state index in [1.165, 1.54) is 0 Å². The summed E-state index contributed by atoms with van der Waals surface area (Å²) < 4.78 is 0. The molecule has 0 bridgehead atoms. The topological polar surface area (TPSA) is 55.1 Å². The zero-order chi connectivity index (χ0) is 14.7. The summed E-state index contributed by atoms with van der Waals surface area (Å²) in [6, 6.07) is 12.0. The van der Waals surface area contributed by atoms with Crippen molar-refractivity contribution in [1.29, 1.82) is 0 Å². The van der Waals surface area contributed by atoms with Crippen molar-refractivity contribution < 1.29 is 4.79 Å². The molecule has 3 N–H and O–H groups in total. The summed E-state index contributed by atoms with van der Waals surface area (Å²) >= 11 is 11.7. The Balaban J connectivity index is 2.10. The maximum atomic E-state index is 12.1. The van der Waals surface area contributed by atoms with Gasteiger partial charge in [0.1, 0.15) is 0 Å². The van der Waals surface area contributed by atoms with Gasteiger partial charge in [-0.15, -0.1) is 0 Å². The van der Waals surface area contributed by atoms with Gasteiger partial charge in [0.15, 0.2) is 0 Å². The summed E-state index contributed by atoms with van der Waals surface area (Å²) in [6.45, 7) is 1.90. The monoisotopic (exact) mass is 308 g/mol. The Morgan fingerprint density at radius 1 is 1.15 bits per heavy atom. The number of carbonyl (C=O) groups is 1. The predicted molar refractivity (Wildman–Crippen MR) is 83.2 cm³/mol. The first-order chi connectivity index (χ1) is 9.47. The summed E-state index contributed by atoms with van der Waals surface area (Å²) in [4.78, 5) is 12.1. The van der Waals surface area contributed by atoms with Gasteiger partial charge < -0.3 is 11.1 Å². The molecule has 0 fully saturated rings.